The van der Waals surface area contributed by atoms with Gasteiger partial charge in [0.05, 0.1) is 23.2 Å². The Labute approximate surface area is 124 Å². The Morgan fingerprint density at radius 1 is 1.38 bits per heavy atom. The lowest BCUT2D eigenvalue weighted by Crippen LogP contribution is -2.23. The summed E-state index contributed by atoms with van der Waals surface area (Å²) >= 11 is 0. The number of hydrogen-bond acceptors (Lipinski definition) is 4. The van der Waals surface area contributed by atoms with Crippen LogP contribution in [0.5, 0.6) is 0 Å². The maximum atomic E-state index is 12.2. The van der Waals surface area contributed by atoms with E-state index in [1.807, 2.05) is 6.92 Å². The molecule has 114 valence electrons. The summed E-state index contributed by atoms with van der Waals surface area (Å²) in [5, 5.41) is 13.9. The Morgan fingerprint density at radius 2 is 2.14 bits per heavy atom. The summed E-state index contributed by atoms with van der Waals surface area (Å²) in [7, 11) is -1.85. The average molecular weight is 309 g/mol. The number of sulfonamides is 1. The molecule has 1 heterocycles. The molecule has 6 nitrogen and oxygen atoms in total. The second-order valence-corrected chi connectivity index (χ2v) is 6.57. The summed E-state index contributed by atoms with van der Waals surface area (Å²) in [6.07, 6.45) is 1.63. The van der Waals surface area contributed by atoms with Crippen molar-refractivity contribution in [2.75, 3.05) is 0 Å². The molecule has 0 radical (unpaired) electrons. The molecule has 2 N–H and O–H groups in total. The molecule has 0 spiro atoms. The number of nitrogens with zero attached hydrogens (tertiary/aromatic N) is 2. The van der Waals surface area contributed by atoms with Crippen LogP contribution < -0.4 is 4.72 Å². The van der Waals surface area contributed by atoms with Gasteiger partial charge in [-0.2, -0.15) is 5.10 Å². The van der Waals surface area contributed by atoms with Crippen LogP contribution in [0.3, 0.4) is 0 Å². The first-order valence-electron chi connectivity index (χ1n) is 6.68. The molecule has 7 heteroatoms. The van der Waals surface area contributed by atoms with E-state index >= 15 is 0 Å². The zero-order valence-electron chi connectivity index (χ0n) is 12.0. The number of nitrogens with one attached hydrogen (secondary N) is 1. The third kappa shape index (κ3) is 3.90. The van der Waals surface area contributed by atoms with Crippen LogP contribution in [-0.4, -0.2) is 23.3 Å². The molecule has 1 unspecified atom stereocenters. The van der Waals surface area contributed by atoms with Crippen molar-refractivity contribution in [2.45, 2.75) is 30.9 Å². The van der Waals surface area contributed by atoms with Crippen LogP contribution in [0.15, 0.2) is 41.4 Å². The lowest BCUT2D eigenvalue weighted by molar-refractivity contribution is 0.173. The normalized spacial score (nSPS) is 13.3. The number of aliphatic hydroxyl groups excluding tert-OH is 1. The van der Waals surface area contributed by atoms with Crippen LogP contribution in [0.2, 0.25) is 0 Å². The molecule has 0 amide bonds. The summed E-state index contributed by atoms with van der Waals surface area (Å²) < 4.78 is 28.6. The molecule has 0 fully saturated rings. The highest BCUT2D eigenvalue weighted by Crippen LogP contribution is 2.19. The molecular formula is C14H19N3O3S. The number of aromatic nitrogens is 2. The Hall–Kier alpha value is -1.70. The van der Waals surface area contributed by atoms with E-state index in [0.29, 0.717) is 17.7 Å². The number of aryl methyl sites for hydroxylation is 1. The molecule has 1 aromatic heterocycles. The van der Waals surface area contributed by atoms with E-state index in [2.05, 4.69) is 9.82 Å². The van der Waals surface area contributed by atoms with Crippen molar-refractivity contribution in [1.29, 1.82) is 0 Å². The molecule has 0 aliphatic carbocycles. The van der Waals surface area contributed by atoms with Gasteiger partial charge >= 0.3 is 0 Å². The van der Waals surface area contributed by atoms with Gasteiger partial charge in [-0.1, -0.05) is 19.1 Å². The number of benzene rings is 1. The van der Waals surface area contributed by atoms with Crippen molar-refractivity contribution in [1.82, 2.24) is 14.5 Å². The molecule has 2 rings (SSSR count). The standard InChI is InChI=1S/C14H19N3O3S/c1-3-14(18)11-5-4-6-13(9-11)21(19,20)15-10-12-7-8-17(2)16-12/h4-9,14-15,18H,3,10H2,1-2H3. The number of aliphatic hydroxyl groups is 1. The van der Waals surface area contributed by atoms with Gasteiger partial charge in [-0.15, -0.1) is 0 Å². The SMILES string of the molecule is CCC(O)c1cccc(S(=O)(=O)NCc2ccn(C)n2)c1. The first kappa shape index (κ1) is 15.7. The van der Waals surface area contributed by atoms with Gasteiger partial charge in [-0.25, -0.2) is 13.1 Å². The van der Waals surface area contributed by atoms with E-state index < -0.39 is 16.1 Å². The maximum absolute atomic E-state index is 12.2. The fourth-order valence-corrected chi connectivity index (χ4v) is 2.99. The van der Waals surface area contributed by atoms with Crippen molar-refractivity contribution in [3.05, 3.63) is 47.8 Å². The number of hydrogen-bond donors (Lipinski definition) is 2. The lowest BCUT2D eigenvalue weighted by Gasteiger charge is -2.11. The first-order valence-corrected chi connectivity index (χ1v) is 8.17. The van der Waals surface area contributed by atoms with Gasteiger partial charge in [0.2, 0.25) is 10.0 Å². The minimum absolute atomic E-state index is 0.129. The predicted molar refractivity (Wildman–Crippen MR) is 78.9 cm³/mol. The Bertz CT molecular complexity index is 710. The molecule has 21 heavy (non-hydrogen) atoms. The molecule has 0 aliphatic rings. The molecule has 0 aliphatic heterocycles. The molecule has 0 saturated carbocycles. The van der Waals surface area contributed by atoms with Crippen LogP contribution in [0.4, 0.5) is 0 Å². The van der Waals surface area contributed by atoms with E-state index in [1.165, 1.54) is 12.1 Å². The third-order valence-electron chi connectivity index (χ3n) is 3.15. The van der Waals surface area contributed by atoms with Crippen molar-refractivity contribution < 1.29 is 13.5 Å². The Kier molecular flexibility index (Phi) is 4.76. The van der Waals surface area contributed by atoms with Gasteiger partial charge in [0.15, 0.2) is 0 Å². The van der Waals surface area contributed by atoms with Crippen molar-refractivity contribution in [3.63, 3.8) is 0 Å². The second-order valence-electron chi connectivity index (χ2n) is 4.80. The fourth-order valence-electron chi connectivity index (χ4n) is 1.93. The number of rotatable bonds is 6. The van der Waals surface area contributed by atoms with Crippen LogP contribution in [0.1, 0.15) is 30.7 Å². The zero-order valence-corrected chi connectivity index (χ0v) is 12.8. The van der Waals surface area contributed by atoms with Crippen LogP contribution in [0, 0.1) is 0 Å². The molecule has 0 bridgehead atoms. The Balaban J connectivity index is 2.15. The zero-order chi connectivity index (χ0) is 15.5. The average Bonchev–Trinajstić information content (AvgIpc) is 2.90. The third-order valence-corrected chi connectivity index (χ3v) is 4.55. The van der Waals surface area contributed by atoms with Crippen molar-refractivity contribution in [3.8, 4) is 0 Å². The topological polar surface area (TPSA) is 84.2 Å². The van der Waals surface area contributed by atoms with Gasteiger partial charge < -0.3 is 5.11 Å². The van der Waals surface area contributed by atoms with Gasteiger partial charge in [0.1, 0.15) is 0 Å². The fraction of sp³-hybridized carbons (Fsp3) is 0.357. The second kappa shape index (κ2) is 6.38. The lowest BCUT2D eigenvalue weighted by atomic mass is 10.1. The van der Waals surface area contributed by atoms with Crippen LogP contribution in [-0.2, 0) is 23.6 Å². The molecule has 2 aromatic rings. The van der Waals surface area contributed by atoms with Gasteiger partial charge in [-0.3, -0.25) is 4.68 Å². The summed E-state index contributed by atoms with van der Waals surface area (Å²) in [6, 6.07) is 8.09. The molecule has 1 aromatic carbocycles. The summed E-state index contributed by atoms with van der Waals surface area (Å²) in [5.41, 5.74) is 1.24. The van der Waals surface area contributed by atoms with E-state index in [4.69, 9.17) is 0 Å². The smallest absolute Gasteiger partial charge is 0.240 e. The summed E-state index contributed by atoms with van der Waals surface area (Å²) in [5.74, 6) is 0. The molecular weight excluding hydrogens is 290 g/mol. The summed E-state index contributed by atoms with van der Waals surface area (Å²) in [4.78, 5) is 0.142. The quantitative estimate of drug-likeness (QED) is 0.843. The van der Waals surface area contributed by atoms with Gasteiger partial charge in [-0.05, 0) is 30.2 Å². The Morgan fingerprint density at radius 3 is 2.76 bits per heavy atom. The predicted octanol–water partition coefficient (Wildman–Crippen LogP) is 1.34. The molecule has 0 saturated heterocycles. The molecule has 1 atom stereocenters. The first-order chi connectivity index (χ1) is 9.92. The monoisotopic (exact) mass is 309 g/mol. The van der Waals surface area contributed by atoms with Crippen molar-refractivity contribution in [2.24, 2.45) is 7.05 Å². The summed E-state index contributed by atoms with van der Waals surface area (Å²) in [6.45, 7) is 1.97. The highest BCUT2D eigenvalue weighted by Gasteiger charge is 2.16. The van der Waals surface area contributed by atoms with E-state index in [9.17, 15) is 13.5 Å². The van der Waals surface area contributed by atoms with E-state index in [1.54, 1.807) is 36.1 Å². The van der Waals surface area contributed by atoms with Gasteiger partial charge in [0.25, 0.3) is 0 Å². The van der Waals surface area contributed by atoms with Gasteiger partial charge in [0, 0.05) is 13.2 Å². The maximum Gasteiger partial charge on any atom is 0.240 e. The highest BCUT2D eigenvalue weighted by molar-refractivity contribution is 7.89. The minimum atomic E-state index is -3.62. The van der Waals surface area contributed by atoms with Crippen LogP contribution >= 0.6 is 0 Å². The highest BCUT2D eigenvalue weighted by atomic mass is 32.2. The van der Waals surface area contributed by atoms with E-state index in [-0.39, 0.29) is 11.4 Å². The van der Waals surface area contributed by atoms with Crippen molar-refractivity contribution >= 4 is 10.0 Å². The largest absolute Gasteiger partial charge is 0.388 e. The van der Waals surface area contributed by atoms with Crippen LogP contribution in [0.25, 0.3) is 0 Å². The van der Waals surface area contributed by atoms with E-state index in [0.717, 1.165) is 0 Å². The minimum Gasteiger partial charge on any atom is -0.388 e.